The third kappa shape index (κ3) is 3.74. The Morgan fingerprint density at radius 1 is 0.778 bits per heavy atom. The lowest BCUT2D eigenvalue weighted by Crippen LogP contribution is -2.38. The lowest BCUT2D eigenvalue weighted by atomic mass is 9.77. The predicted octanol–water partition coefficient (Wildman–Crippen LogP) is 5.98. The molecule has 1 N–H and O–H groups in total. The summed E-state index contributed by atoms with van der Waals surface area (Å²) in [4.78, 5) is 13.6. The molecule has 0 amide bonds. The van der Waals surface area contributed by atoms with Gasteiger partial charge in [0.15, 0.2) is 0 Å². The van der Waals surface area contributed by atoms with Crippen molar-refractivity contribution in [1.29, 1.82) is 0 Å². The second-order valence-electron chi connectivity index (χ2n) is 9.81. The van der Waals surface area contributed by atoms with E-state index >= 15 is 0 Å². The number of anilines is 2. The molecule has 0 bridgehead atoms. The Labute approximate surface area is 212 Å². The van der Waals surface area contributed by atoms with Crippen LogP contribution in [0.15, 0.2) is 109 Å². The zero-order chi connectivity index (χ0) is 24.5. The number of nitrogens with one attached hydrogen (secondary N) is 1. The molecule has 1 saturated heterocycles. The van der Waals surface area contributed by atoms with Crippen molar-refractivity contribution in [3.63, 3.8) is 0 Å². The van der Waals surface area contributed by atoms with Gasteiger partial charge in [-0.25, -0.2) is 0 Å². The molecule has 0 radical (unpaired) electrons. The van der Waals surface area contributed by atoms with E-state index < -0.39 is 5.54 Å². The zero-order valence-electron chi connectivity index (χ0n) is 20.4. The molecule has 4 aromatic rings. The van der Waals surface area contributed by atoms with Crippen molar-refractivity contribution in [1.82, 2.24) is 0 Å². The van der Waals surface area contributed by atoms with Crippen LogP contribution in [0.2, 0.25) is 0 Å². The molecule has 2 aliphatic rings. The van der Waals surface area contributed by atoms with Gasteiger partial charge < -0.3 is 19.7 Å². The zero-order valence-corrected chi connectivity index (χ0v) is 20.4. The summed E-state index contributed by atoms with van der Waals surface area (Å²) in [6.45, 7) is 1.83. The molecule has 2 fully saturated rings. The number of carbonyl (C=O) groups excluding carboxylic acids is 1. The number of hydrogen-bond acceptors (Lipinski definition) is 4. The molecule has 4 nitrogen and oxygen atoms in total. The van der Waals surface area contributed by atoms with Crippen LogP contribution in [0, 0.1) is 17.8 Å². The molecule has 180 valence electrons. The Bertz CT molecular complexity index is 1230. The molecule has 4 aromatic carbocycles. The summed E-state index contributed by atoms with van der Waals surface area (Å²) in [5, 5.41) is 3.92. The van der Waals surface area contributed by atoms with Crippen LogP contribution in [0.5, 0.6) is 5.75 Å². The number of methoxy groups -OCH3 is 1. The van der Waals surface area contributed by atoms with Crippen molar-refractivity contribution >= 4 is 17.7 Å². The number of ether oxygens (including phenoxy) is 1. The van der Waals surface area contributed by atoms with Gasteiger partial charge in [-0.3, -0.25) is 0 Å². The molecule has 1 aliphatic carbocycles. The number of piperidine rings is 1. The van der Waals surface area contributed by atoms with Crippen molar-refractivity contribution in [3.8, 4) is 5.75 Å². The molecule has 2 unspecified atom stereocenters. The second kappa shape index (κ2) is 9.19. The molecule has 1 heterocycles. The molecule has 1 aliphatic heterocycles. The van der Waals surface area contributed by atoms with Crippen molar-refractivity contribution < 1.29 is 9.53 Å². The van der Waals surface area contributed by atoms with Crippen LogP contribution < -0.4 is 15.0 Å². The van der Waals surface area contributed by atoms with Gasteiger partial charge in [0.1, 0.15) is 17.6 Å². The van der Waals surface area contributed by atoms with Gasteiger partial charge in [-0.05, 0) is 40.7 Å². The standard InChI is InChI=1S/C32H30N2O2/c1-36-31-19-26(17-18-30(31)34-20-27-28(21-34)29(27)22-35)33-32(23-11-5-2-6-12-23,24-13-7-3-8-14-24)25-15-9-4-10-16-25/h2-19,22,27-29,33H,20-21H2,1H3. The van der Waals surface area contributed by atoms with E-state index in [1.54, 1.807) is 7.11 Å². The number of fused-ring (bicyclic) bond motifs is 1. The van der Waals surface area contributed by atoms with E-state index in [2.05, 4.69) is 119 Å². The highest BCUT2D eigenvalue weighted by Crippen LogP contribution is 2.52. The van der Waals surface area contributed by atoms with Gasteiger partial charge in [-0.15, -0.1) is 0 Å². The Morgan fingerprint density at radius 3 is 1.72 bits per heavy atom. The molecule has 0 spiro atoms. The summed E-state index contributed by atoms with van der Waals surface area (Å²) in [7, 11) is 1.73. The van der Waals surface area contributed by atoms with Crippen LogP contribution in [0.25, 0.3) is 0 Å². The Kier molecular flexibility index (Phi) is 5.73. The van der Waals surface area contributed by atoms with Crippen LogP contribution in [-0.2, 0) is 10.3 Å². The van der Waals surface area contributed by atoms with E-state index in [0.29, 0.717) is 11.8 Å². The maximum atomic E-state index is 11.2. The normalized spacial score (nSPS) is 20.5. The van der Waals surface area contributed by atoms with Crippen molar-refractivity contribution in [2.24, 2.45) is 17.8 Å². The first kappa shape index (κ1) is 22.4. The van der Waals surface area contributed by atoms with Crippen LogP contribution in [0.3, 0.4) is 0 Å². The van der Waals surface area contributed by atoms with Gasteiger partial charge >= 0.3 is 0 Å². The van der Waals surface area contributed by atoms with Crippen LogP contribution >= 0.6 is 0 Å². The number of nitrogens with zero attached hydrogens (tertiary/aromatic N) is 1. The minimum absolute atomic E-state index is 0.247. The smallest absolute Gasteiger partial charge is 0.144 e. The average Bonchev–Trinajstić information content (AvgIpc) is 3.43. The highest BCUT2D eigenvalue weighted by atomic mass is 16.5. The van der Waals surface area contributed by atoms with E-state index in [9.17, 15) is 4.79 Å². The maximum absolute atomic E-state index is 11.2. The summed E-state index contributed by atoms with van der Waals surface area (Å²) in [6, 6.07) is 38.2. The fourth-order valence-electron chi connectivity index (χ4n) is 5.98. The molecule has 4 heteroatoms. The molecular formula is C32H30N2O2. The van der Waals surface area contributed by atoms with Gasteiger partial charge in [0, 0.05) is 30.8 Å². The lowest BCUT2D eigenvalue weighted by molar-refractivity contribution is -0.109. The largest absolute Gasteiger partial charge is 0.495 e. The Balaban J connectivity index is 1.43. The first-order valence-corrected chi connectivity index (χ1v) is 12.6. The molecular weight excluding hydrogens is 444 g/mol. The topological polar surface area (TPSA) is 41.6 Å². The molecule has 6 rings (SSSR count). The van der Waals surface area contributed by atoms with Gasteiger partial charge in [0.25, 0.3) is 0 Å². The van der Waals surface area contributed by atoms with E-state index in [1.807, 2.05) is 0 Å². The first-order chi connectivity index (χ1) is 17.7. The van der Waals surface area contributed by atoms with E-state index in [0.717, 1.165) is 53.2 Å². The third-order valence-corrected chi connectivity index (χ3v) is 7.89. The summed E-state index contributed by atoms with van der Waals surface area (Å²) >= 11 is 0. The number of hydrogen-bond donors (Lipinski definition) is 1. The van der Waals surface area contributed by atoms with Gasteiger partial charge in [-0.2, -0.15) is 0 Å². The van der Waals surface area contributed by atoms with E-state index in [-0.39, 0.29) is 5.92 Å². The summed E-state index contributed by atoms with van der Waals surface area (Å²) in [5.74, 6) is 2.07. The van der Waals surface area contributed by atoms with Crippen molar-refractivity contribution in [2.45, 2.75) is 5.54 Å². The van der Waals surface area contributed by atoms with E-state index in [1.165, 1.54) is 0 Å². The summed E-state index contributed by atoms with van der Waals surface area (Å²) in [5.41, 5.74) is 4.94. The van der Waals surface area contributed by atoms with Gasteiger partial charge in [-0.1, -0.05) is 91.0 Å². The third-order valence-electron chi connectivity index (χ3n) is 7.89. The fraction of sp³-hybridized carbons (Fsp3) is 0.219. The Morgan fingerprint density at radius 2 is 1.28 bits per heavy atom. The fourth-order valence-corrected chi connectivity index (χ4v) is 5.98. The highest BCUT2D eigenvalue weighted by molar-refractivity contribution is 5.70. The molecule has 36 heavy (non-hydrogen) atoms. The maximum Gasteiger partial charge on any atom is 0.144 e. The minimum atomic E-state index is -0.594. The average molecular weight is 475 g/mol. The highest BCUT2D eigenvalue weighted by Gasteiger charge is 2.55. The number of carbonyl (C=O) groups is 1. The predicted molar refractivity (Wildman–Crippen MR) is 145 cm³/mol. The number of aldehydes is 1. The summed E-state index contributed by atoms with van der Waals surface area (Å²) in [6.07, 6.45) is 1.13. The molecule has 1 saturated carbocycles. The lowest BCUT2D eigenvalue weighted by Gasteiger charge is -2.38. The first-order valence-electron chi connectivity index (χ1n) is 12.6. The monoisotopic (exact) mass is 474 g/mol. The number of benzene rings is 4. The van der Waals surface area contributed by atoms with Crippen LogP contribution in [0.4, 0.5) is 11.4 Å². The van der Waals surface area contributed by atoms with Crippen molar-refractivity contribution in [2.75, 3.05) is 30.4 Å². The second-order valence-corrected chi connectivity index (χ2v) is 9.81. The van der Waals surface area contributed by atoms with Crippen LogP contribution in [0.1, 0.15) is 16.7 Å². The van der Waals surface area contributed by atoms with Gasteiger partial charge in [0.2, 0.25) is 0 Å². The molecule has 0 aromatic heterocycles. The van der Waals surface area contributed by atoms with E-state index in [4.69, 9.17) is 4.74 Å². The van der Waals surface area contributed by atoms with Gasteiger partial charge in [0.05, 0.1) is 12.8 Å². The van der Waals surface area contributed by atoms with Crippen LogP contribution in [-0.4, -0.2) is 26.5 Å². The van der Waals surface area contributed by atoms with Crippen molar-refractivity contribution in [3.05, 3.63) is 126 Å². The minimum Gasteiger partial charge on any atom is -0.495 e. The SMILES string of the molecule is COc1cc(NC(c2ccccc2)(c2ccccc2)c2ccccc2)ccc1N1CC2C(C=O)C2C1. The quantitative estimate of drug-likeness (QED) is 0.252. The summed E-state index contributed by atoms with van der Waals surface area (Å²) < 4.78 is 5.88. The Hall–Kier alpha value is -4.05. The number of rotatable bonds is 8. The molecule has 2 atom stereocenters.